The van der Waals surface area contributed by atoms with Crippen molar-refractivity contribution in [3.8, 4) is 11.5 Å². The maximum absolute atomic E-state index is 15.3. The molecule has 3 fully saturated rings. The Balaban J connectivity index is 1.36. The van der Waals surface area contributed by atoms with E-state index in [-0.39, 0.29) is 54.1 Å². The summed E-state index contributed by atoms with van der Waals surface area (Å²) in [5, 5.41) is 20.9. The van der Waals surface area contributed by atoms with Crippen LogP contribution in [0.2, 0.25) is 5.02 Å². The predicted octanol–water partition coefficient (Wildman–Crippen LogP) is 5.99. The van der Waals surface area contributed by atoms with E-state index < -0.39 is 52.8 Å². The van der Waals surface area contributed by atoms with Crippen LogP contribution in [0.4, 0.5) is 5.69 Å². The Bertz CT molecular complexity index is 1980. The lowest BCUT2D eigenvalue weighted by atomic mass is 9.49. The van der Waals surface area contributed by atoms with E-state index in [9.17, 15) is 24.3 Å². The number of carboxylic acid groups (broad SMARTS) is 1. The normalized spacial score (nSPS) is 26.5. The van der Waals surface area contributed by atoms with E-state index in [4.69, 9.17) is 21.4 Å². The van der Waals surface area contributed by atoms with E-state index in [0.717, 1.165) is 16.1 Å². The summed E-state index contributed by atoms with van der Waals surface area (Å²) in [5.74, 6) is -6.31. The van der Waals surface area contributed by atoms with Gasteiger partial charge < -0.3 is 14.9 Å². The Morgan fingerprint density at radius 1 is 0.962 bits per heavy atom. The number of nitrogens with zero attached hydrogens (tertiary/aromatic N) is 2. The van der Waals surface area contributed by atoms with Gasteiger partial charge in [-0.15, -0.1) is 0 Å². The van der Waals surface area contributed by atoms with Gasteiger partial charge in [-0.25, -0.2) is 0 Å². The van der Waals surface area contributed by atoms with Crippen LogP contribution in [0.3, 0.4) is 0 Å². The molecule has 0 spiro atoms. The van der Waals surface area contributed by atoms with Crippen molar-refractivity contribution in [3.05, 3.63) is 100 Å². The second-order valence-electron chi connectivity index (χ2n) is 14.2. The highest BCUT2D eigenvalue weighted by molar-refractivity contribution is 6.32. The number of phenols is 1. The largest absolute Gasteiger partial charge is 0.503 e. The van der Waals surface area contributed by atoms with Crippen LogP contribution in [0, 0.1) is 30.6 Å². The number of carbonyl (C=O) groups excluding carboxylic acids is 4. The SMILES string of the molecule is COc1cc(C2C3=CCC4C(=O)N(CCCCCC(=O)O)C(=O)C4C3CC3C(=O)N(Nc4ccc(C)cc4)C(=O)C32c2ccccc2)cc(Cl)c1O. The smallest absolute Gasteiger partial charge is 0.303 e. The van der Waals surface area contributed by atoms with Gasteiger partial charge in [0.2, 0.25) is 11.8 Å². The first kappa shape index (κ1) is 35.3. The molecule has 270 valence electrons. The summed E-state index contributed by atoms with van der Waals surface area (Å²) in [6.45, 7) is 2.12. The van der Waals surface area contributed by atoms with Crippen molar-refractivity contribution >= 4 is 46.9 Å². The van der Waals surface area contributed by atoms with Gasteiger partial charge in [-0.3, -0.25) is 34.3 Å². The number of carbonyl (C=O) groups is 5. The molecule has 0 aromatic heterocycles. The van der Waals surface area contributed by atoms with Crippen molar-refractivity contribution in [2.75, 3.05) is 19.1 Å². The number of anilines is 1. The lowest BCUT2D eigenvalue weighted by Gasteiger charge is -2.50. The minimum absolute atomic E-state index is 0.00174. The molecule has 11 nitrogen and oxygen atoms in total. The van der Waals surface area contributed by atoms with Gasteiger partial charge in [0.1, 0.15) is 0 Å². The first-order chi connectivity index (χ1) is 25.0. The zero-order chi connectivity index (χ0) is 36.9. The van der Waals surface area contributed by atoms with Crippen molar-refractivity contribution in [1.29, 1.82) is 0 Å². The fourth-order valence-electron chi connectivity index (χ4n) is 9.05. The molecule has 6 unspecified atom stereocenters. The second kappa shape index (κ2) is 13.8. The lowest BCUT2D eigenvalue weighted by molar-refractivity contribution is -0.141. The zero-order valence-electron chi connectivity index (χ0n) is 28.9. The lowest BCUT2D eigenvalue weighted by Crippen LogP contribution is -2.53. The van der Waals surface area contributed by atoms with Crippen LogP contribution in [-0.4, -0.2) is 63.4 Å². The molecule has 4 amide bonds. The van der Waals surface area contributed by atoms with E-state index in [0.29, 0.717) is 36.1 Å². The number of amides is 4. The molecule has 0 bridgehead atoms. The number of unbranched alkanes of at least 4 members (excludes halogenated alkanes) is 2. The number of aliphatic carboxylic acids is 1. The summed E-state index contributed by atoms with van der Waals surface area (Å²) in [6.07, 6.45) is 3.86. The molecule has 2 saturated heterocycles. The summed E-state index contributed by atoms with van der Waals surface area (Å²) in [4.78, 5) is 70.4. The maximum atomic E-state index is 15.3. The van der Waals surface area contributed by atoms with Crippen LogP contribution in [0.5, 0.6) is 11.5 Å². The van der Waals surface area contributed by atoms with Crippen LogP contribution >= 0.6 is 11.6 Å². The number of allylic oxidation sites excluding steroid dienone is 2. The Hall–Kier alpha value is -5.16. The summed E-state index contributed by atoms with van der Waals surface area (Å²) < 4.78 is 5.52. The number of nitrogens with one attached hydrogen (secondary N) is 1. The number of phenolic OH excluding ortho intramolecular Hbond substituents is 1. The Labute approximate surface area is 306 Å². The quantitative estimate of drug-likeness (QED) is 0.123. The van der Waals surface area contributed by atoms with Crippen LogP contribution in [0.15, 0.2) is 78.4 Å². The molecule has 2 heterocycles. The Morgan fingerprint density at radius 3 is 2.38 bits per heavy atom. The topological polar surface area (TPSA) is 154 Å². The van der Waals surface area contributed by atoms with Gasteiger partial charge >= 0.3 is 5.97 Å². The first-order valence-corrected chi connectivity index (χ1v) is 18.0. The minimum Gasteiger partial charge on any atom is -0.503 e. The number of ether oxygens (including phenoxy) is 1. The molecule has 0 radical (unpaired) electrons. The number of fused-ring (bicyclic) bond motifs is 4. The molecular weight excluding hydrogens is 686 g/mol. The number of aryl methyl sites for hydroxylation is 1. The number of halogens is 1. The number of hydrogen-bond acceptors (Lipinski definition) is 8. The summed E-state index contributed by atoms with van der Waals surface area (Å²) >= 11 is 6.62. The fraction of sp³-hybridized carbons (Fsp3) is 0.375. The highest BCUT2D eigenvalue weighted by Gasteiger charge is 2.70. The van der Waals surface area contributed by atoms with Crippen LogP contribution in [0.25, 0.3) is 0 Å². The third kappa shape index (κ3) is 5.62. The van der Waals surface area contributed by atoms with Crippen molar-refractivity contribution in [1.82, 2.24) is 9.91 Å². The molecule has 3 aromatic rings. The molecule has 2 aliphatic carbocycles. The average Bonchev–Trinajstić information content (AvgIpc) is 3.50. The molecule has 6 atom stereocenters. The number of rotatable bonds is 11. The second-order valence-corrected chi connectivity index (χ2v) is 14.6. The van der Waals surface area contributed by atoms with Crippen molar-refractivity contribution < 1.29 is 38.9 Å². The summed E-state index contributed by atoms with van der Waals surface area (Å²) in [5.41, 5.74) is 5.03. The maximum Gasteiger partial charge on any atom is 0.303 e. The van der Waals surface area contributed by atoms with Gasteiger partial charge in [0, 0.05) is 18.9 Å². The van der Waals surface area contributed by atoms with Crippen LogP contribution < -0.4 is 10.2 Å². The summed E-state index contributed by atoms with van der Waals surface area (Å²) in [7, 11) is 1.40. The van der Waals surface area contributed by atoms with Crippen molar-refractivity contribution in [2.45, 2.75) is 56.8 Å². The Morgan fingerprint density at radius 2 is 1.69 bits per heavy atom. The average molecular weight is 726 g/mol. The van der Waals surface area contributed by atoms with E-state index >= 15 is 4.79 Å². The molecular formula is C40H40ClN3O8. The molecule has 2 aliphatic heterocycles. The first-order valence-electron chi connectivity index (χ1n) is 17.6. The molecule has 3 N–H and O–H groups in total. The van der Waals surface area contributed by atoms with Gasteiger partial charge in [-0.2, -0.15) is 5.01 Å². The van der Waals surface area contributed by atoms with Crippen LogP contribution in [-0.2, 0) is 29.4 Å². The van der Waals surface area contributed by atoms with E-state index in [2.05, 4.69) is 5.43 Å². The zero-order valence-corrected chi connectivity index (χ0v) is 29.6. The standard InChI is InChI=1S/C40H40ClN3O8/c1-22-12-14-25(15-13-22)42-44-37(49)29-21-28-26(16-17-27-33(28)38(50)43(36(27)48)18-8-4-7-11-32(45)46)34(23-19-30(41)35(47)31(20-23)52-2)40(29,39(44)51)24-9-5-3-6-10-24/h3,5-6,9-10,12-16,19-20,27-29,33-34,42,47H,4,7-8,11,17-18,21H2,1-2H3,(H,45,46). The minimum atomic E-state index is -1.49. The Kier molecular flexibility index (Phi) is 9.33. The van der Waals surface area contributed by atoms with Gasteiger partial charge in [0.15, 0.2) is 11.5 Å². The number of hydrogen-bond donors (Lipinski definition) is 3. The van der Waals surface area contributed by atoms with E-state index in [1.165, 1.54) is 12.0 Å². The van der Waals surface area contributed by atoms with Gasteiger partial charge in [-0.05, 0) is 73.9 Å². The fourth-order valence-corrected chi connectivity index (χ4v) is 9.27. The number of hydrazine groups is 1. The molecule has 3 aromatic carbocycles. The predicted molar refractivity (Wildman–Crippen MR) is 191 cm³/mol. The number of aromatic hydroxyl groups is 1. The number of methoxy groups -OCH3 is 1. The van der Waals surface area contributed by atoms with Crippen LogP contribution in [0.1, 0.15) is 61.1 Å². The van der Waals surface area contributed by atoms with E-state index in [1.54, 1.807) is 24.3 Å². The van der Waals surface area contributed by atoms with Gasteiger partial charge in [0.05, 0.1) is 41.0 Å². The molecule has 7 rings (SSSR count). The highest BCUT2D eigenvalue weighted by Crippen LogP contribution is 2.64. The molecule has 12 heteroatoms. The number of benzene rings is 3. The number of imide groups is 2. The molecule has 52 heavy (non-hydrogen) atoms. The van der Waals surface area contributed by atoms with Crippen molar-refractivity contribution in [2.24, 2.45) is 23.7 Å². The number of likely N-dealkylation sites (tertiary alicyclic amines) is 1. The summed E-state index contributed by atoms with van der Waals surface area (Å²) in [6, 6.07) is 19.7. The van der Waals surface area contributed by atoms with Gasteiger partial charge in [0.25, 0.3) is 11.8 Å². The third-order valence-corrected chi connectivity index (χ3v) is 11.6. The van der Waals surface area contributed by atoms with Gasteiger partial charge in [-0.1, -0.05) is 77.7 Å². The third-order valence-electron chi connectivity index (χ3n) is 11.4. The molecule has 1 saturated carbocycles. The van der Waals surface area contributed by atoms with E-state index in [1.807, 2.05) is 55.5 Å². The monoisotopic (exact) mass is 725 g/mol. The van der Waals surface area contributed by atoms with Crippen molar-refractivity contribution in [3.63, 3.8) is 0 Å². The highest BCUT2D eigenvalue weighted by atomic mass is 35.5. The molecule has 4 aliphatic rings. The number of carboxylic acids is 1.